The molecular weight excluding hydrogens is 486 g/mol. The molecule has 0 fully saturated rings. The highest BCUT2D eigenvalue weighted by Gasteiger charge is 2.45. The van der Waals surface area contributed by atoms with Crippen LogP contribution in [0.2, 0.25) is 5.02 Å². The molecule has 4 aromatic rings. The number of carbonyl (C=O) groups excluding carboxylic acids is 1. The van der Waals surface area contributed by atoms with Gasteiger partial charge in [-0.2, -0.15) is 0 Å². The van der Waals surface area contributed by atoms with E-state index in [1.54, 1.807) is 0 Å². The van der Waals surface area contributed by atoms with Crippen LogP contribution in [0.15, 0.2) is 42.6 Å². The number of nitrogens with zero attached hydrogens (tertiary/aromatic N) is 7. The van der Waals surface area contributed by atoms with E-state index < -0.39 is 0 Å². The predicted molar refractivity (Wildman–Crippen MR) is 145 cm³/mol. The number of pyridine rings is 1. The standard InChI is InChI=1S/C28H30ClN7O/c1-16(2)35-25-23(30-27(35)20-7-6-12-33(5)14-20)28(37)36(24(25)19-8-10-21(29)11-9-19)22-13-17(3)26-32-31-18(4)34(26)15-22/h7-11,13,15-16,24H,6,12,14H2,1-5H3. The third kappa shape index (κ3) is 3.78. The molecule has 3 aromatic heterocycles. The average molecular weight is 516 g/mol. The van der Waals surface area contributed by atoms with Gasteiger partial charge in [-0.05, 0) is 70.5 Å². The summed E-state index contributed by atoms with van der Waals surface area (Å²) in [5, 5.41) is 9.19. The van der Waals surface area contributed by atoms with Crippen molar-refractivity contribution in [3.63, 3.8) is 0 Å². The summed E-state index contributed by atoms with van der Waals surface area (Å²) in [4.78, 5) is 23.4. The molecule has 8 nitrogen and oxygen atoms in total. The van der Waals surface area contributed by atoms with Crippen LogP contribution in [0, 0.1) is 13.8 Å². The van der Waals surface area contributed by atoms with Gasteiger partial charge in [0.2, 0.25) is 0 Å². The number of halogens is 1. The minimum absolute atomic E-state index is 0.107. The fourth-order valence-corrected chi connectivity index (χ4v) is 5.75. The number of rotatable bonds is 4. The van der Waals surface area contributed by atoms with Gasteiger partial charge in [0, 0.05) is 35.9 Å². The van der Waals surface area contributed by atoms with Gasteiger partial charge in [0.1, 0.15) is 17.7 Å². The van der Waals surface area contributed by atoms with Crippen molar-refractivity contribution in [3.8, 4) is 0 Å². The highest BCUT2D eigenvalue weighted by atomic mass is 35.5. The van der Waals surface area contributed by atoms with Crippen LogP contribution in [-0.2, 0) is 0 Å². The van der Waals surface area contributed by atoms with Crippen LogP contribution < -0.4 is 4.90 Å². The Morgan fingerprint density at radius 2 is 1.86 bits per heavy atom. The molecule has 0 aliphatic carbocycles. The molecule has 1 unspecified atom stereocenters. The first-order chi connectivity index (χ1) is 17.7. The summed E-state index contributed by atoms with van der Waals surface area (Å²) in [5.41, 5.74) is 6.10. The minimum atomic E-state index is -0.348. The molecule has 5 heterocycles. The number of anilines is 1. The van der Waals surface area contributed by atoms with Crippen molar-refractivity contribution in [3.05, 3.63) is 81.8 Å². The Hall–Kier alpha value is -3.49. The van der Waals surface area contributed by atoms with Crippen LogP contribution in [0.1, 0.15) is 71.3 Å². The summed E-state index contributed by atoms with van der Waals surface area (Å²) >= 11 is 6.27. The number of amides is 1. The van der Waals surface area contributed by atoms with Gasteiger partial charge < -0.3 is 9.47 Å². The molecule has 0 bridgehead atoms. The van der Waals surface area contributed by atoms with Crippen LogP contribution in [0.5, 0.6) is 0 Å². The molecule has 190 valence electrons. The molecule has 9 heteroatoms. The molecule has 1 atom stereocenters. The highest BCUT2D eigenvalue weighted by Crippen LogP contribution is 2.44. The van der Waals surface area contributed by atoms with Crippen molar-refractivity contribution in [2.45, 2.75) is 46.2 Å². The van der Waals surface area contributed by atoms with Gasteiger partial charge in [-0.3, -0.25) is 14.1 Å². The summed E-state index contributed by atoms with van der Waals surface area (Å²) in [5.74, 6) is 1.55. The molecule has 2 aliphatic heterocycles. The van der Waals surface area contributed by atoms with E-state index in [0.717, 1.165) is 59.3 Å². The zero-order valence-electron chi connectivity index (χ0n) is 21.7. The molecule has 1 amide bonds. The van der Waals surface area contributed by atoms with E-state index in [0.29, 0.717) is 10.7 Å². The van der Waals surface area contributed by atoms with E-state index in [4.69, 9.17) is 16.6 Å². The first-order valence-electron chi connectivity index (χ1n) is 12.7. The van der Waals surface area contributed by atoms with Crippen LogP contribution >= 0.6 is 11.6 Å². The summed E-state index contributed by atoms with van der Waals surface area (Å²) in [6.07, 6.45) is 5.19. The molecular formula is C28H30ClN7O. The van der Waals surface area contributed by atoms with Crippen molar-refractivity contribution < 1.29 is 4.79 Å². The fourth-order valence-electron chi connectivity index (χ4n) is 5.62. The number of imidazole rings is 1. The summed E-state index contributed by atoms with van der Waals surface area (Å²) in [7, 11) is 2.12. The van der Waals surface area contributed by atoms with Crippen LogP contribution in [0.25, 0.3) is 11.2 Å². The molecule has 6 rings (SSSR count). The van der Waals surface area contributed by atoms with Crippen LogP contribution in [0.3, 0.4) is 0 Å². The Labute approximate surface area is 221 Å². The van der Waals surface area contributed by atoms with Gasteiger partial charge in [0.05, 0.1) is 11.4 Å². The van der Waals surface area contributed by atoms with Crippen molar-refractivity contribution in [1.29, 1.82) is 0 Å². The number of aryl methyl sites for hydroxylation is 2. The minimum Gasteiger partial charge on any atom is -0.323 e. The molecule has 2 aliphatic rings. The monoisotopic (exact) mass is 515 g/mol. The van der Waals surface area contributed by atoms with Crippen LogP contribution in [-0.4, -0.2) is 55.1 Å². The maximum absolute atomic E-state index is 14.2. The average Bonchev–Trinajstić information content (AvgIpc) is 3.52. The number of benzene rings is 1. The Morgan fingerprint density at radius 3 is 2.57 bits per heavy atom. The quantitative estimate of drug-likeness (QED) is 0.371. The molecule has 0 N–H and O–H groups in total. The van der Waals surface area contributed by atoms with E-state index in [2.05, 4.69) is 46.6 Å². The van der Waals surface area contributed by atoms with Gasteiger partial charge >= 0.3 is 0 Å². The molecule has 0 spiro atoms. The smallest absolute Gasteiger partial charge is 0.279 e. The number of aromatic nitrogens is 5. The lowest BCUT2D eigenvalue weighted by atomic mass is 10.0. The zero-order valence-corrected chi connectivity index (χ0v) is 22.5. The normalized spacial score (nSPS) is 18.2. The summed E-state index contributed by atoms with van der Waals surface area (Å²) < 4.78 is 4.20. The number of fused-ring (bicyclic) bond motifs is 2. The zero-order chi connectivity index (χ0) is 26.0. The second kappa shape index (κ2) is 8.82. The topological polar surface area (TPSA) is 71.6 Å². The SMILES string of the molecule is Cc1cc(N2C(=O)c3nc(C4=CCCN(C)C4)n(C(C)C)c3C2c2ccc(Cl)cc2)cn2c(C)nnc12. The first kappa shape index (κ1) is 23.9. The lowest BCUT2D eigenvalue weighted by molar-refractivity contribution is 0.0989. The Bertz CT molecular complexity index is 1560. The molecule has 1 aromatic carbocycles. The number of hydrogen-bond acceptors (Lipinski definition) is 5. The molecule has 0 saturated heterocycles. The van der Waals surface area contributed by atoms with E-state index >= 15 is 0 Å². The Kier molecular flexibility index (Phi) is 5.69. The van der Waals surface area contributed by atoms with Gasteiger partial charge in [-0.1, -0.05) is 29.8 Å². The van der Waals surface area contributed by atoms with E-state index in [1.165, 1.54) is 5.57 Å². The van der Waals surface area contributed by atoms with Crippen LogP contribution in [0.4, 0.5) is 5.69 Å². The van der Waals surface area contributed by atoms with Crippen molar-refractivity contribution in [2.75, 3.05) is 25.0 Å². The van der Waals surface area contributed by atoms with Crippen molar-refractivity contribution >= 4 is 34.4 Å². The third-order valence-electron chi connectivity index (χ3n) is 7.34. The fraction of sp³-hybridized carbons (Fsp3) is 0.357. The number of hydrogen-bond donors (Lipinski definition) is 0. The van der Waals surface area contributed by atoms with Gasteiger partial charge in [0.25, 0.3) is 5.91 Å². The maximum Gasteiger partial charge on any atom is 0.279 e. The summed E-state index contributed by atoms with van der Waals surface area (Å²) in [6.45, 7) is 10.1. The lowest BCUT2D eigenvalue weighted by Gasteiger charge is -2.30. The Morgan fingerprint density at radius 1 is 1.11 bits per heavy atom. The highest BCUT2D eigenvalue weighted by molar-refractivity contribution is 6.30. The van der Waals surface area contributed by atoms with Gasteiger partial charge in [-0.25, -0.2) is 4.98 Å². The Balaban J connectivity index is 1.59. The van der Waals surface area contributed by atoms with E-state index in [-0.39, 0.29) is 18.0 Å². The first-order valence-corrected chi connectivity index (χ1v) is 13.0. The second-order valence-electron chi connectivity index (χ2n) is 10.3. The largest absolute Gasteiger partial charge is 0.323 e. The van der Waals surface area contributed by atoms with Gasteiger partial charge in [-0.15, -0.1) is 10.2 Å². The third-order valence-corrected chi connectivity index (χ3v) is 7.59. The number of likely N-dealkylation sites (N-methyl/N-ethyl adjacent to an activating group) is 1. The summed E-state index contributed by atoms with van der Waals surface area (Å²) in [6, 6.07) is 9.54. The molecule has 0 saturated carbocycles. The molecule has 0 radical (unpaired) electrons. The second-order valence-corrected chi connectivity index (χ2v) is 10.8. The van der Waals surface area contributed by atoms with Gasteiger partial charge in [0.15, 0.2) is 11.3 Å². The number of carbonyl (C=O) groups is 1. The van der Waals surface area contributed by atoms with Crippen molar-refractivity contribution in [1.82, 2.24) is 29.0 Å². The lowest BCUT2D eigenvalue weighted by Crippen LogP contribution is -2.31. The molecule has 37 heavy (non-hydrogen) atoms. The predicted octanol–water partition coefficient (Wildman–Crippen LogP) is 5.25. The van der Waals surface area contributed by atoms with E-state index in [1.807, 2.05) is 59.7 Å². The maximum atomic E-state index is 14.2. The van der Waals surface area contributed by atoms with E-state index in [9.17, 15) is 4.79 Å². The van der Waals surface area contributed by atoms with Crippen molar-refractivity contribution in [2.24, 2.45) is 0 Å².